The molecule has 19 heavy (non-hydrogen) atoms. The number of aromatic nitrogens is 3. The third-order valence-corrected chi connectivity index (χ3v) is 3.31. The van der Waals surface area contributed by atoms with Crippen molar-refractivity contribution in [3.8, 4) is 5.82 Å². The molecule has 0 aliphatic heterocycles. The molecule has 0 aromatic carbocycles. The Hall–Kier alpha value is -1.68. The number of rotatable bonds is 5. The van der Waals surface area contributed by atoms with Gasteiger partial charge in [-0.2, -0.15) is 0 Å². The van der Waals surface area contributed by atoms with Crippen LogP contribution in [0.2, 0.25) is 0 Å². The Kier molecular flexibility index (Phi) is 4.32. The topological polar surface area (TPSA) is 42.7 Å². The largest absolute Gasteiger partial charge is 0.316 e. The molecule has 0 atom stereocenters. The van der Waals surface area contributed by atoms with E-state index in [-0.39, 0.29) is 0 Å². The van der Waals surface area contributed by atoms with Crippen molar-refractivity contribution >= 4 is 0 Å². The van der Waals surface area contributed by atoms with E-state index >= 15 is 0 Å². The second kappa shape index (κ2) is 5.97. The molecule has 2 aromatic heterocycles. The Morgan fingerprint density at radius 3 is 2.63 bits per heavy atom. The molecule has 0 aliphatic rings. The summed E-state index contributed by atoms with van der Waals surface area (Å²) < 4.78 is 2.06. The number of nitrogens with zero attached hydrogens (tertiary/aromatic N) is 3. The normalized spacial score (nSPS) is 10.9. The lowest BCUT2D eigenvalue weighted by Crippen LogP contribution is -2.09. The molecule has 0 bridgehead atoms. The summed E-state index contributed by atoms with van der Waals surface area (Å²) in [6, 6.07) is 4.31. The van der Waals surface area contributed by atoms with Crippen LogP contribution in [-0.4, -0.2) is 21.6 Å². The Labute approximate surface area is 114 Å². The second-order valence-corrected chi connectivity index (χ2v) is 4.89. The van der Waals surface area contributed by atoms with Crippen LogP contribution < -0.4 is 5.32 Å². The van der Waals surface area contributed by atoms with Gasteiger partial charge < -0.3 is 5.32 Å². The van der Waals surface area contributed by atoms with Crippen molar-refractivity contribution < 1.29 is 0 Å². The highest BCUT2D eigenvalue weighted by atomic mass is 15.1. The fourth-order valence-corrected chi connectivity index (χ4v) is 2.18. The van der Waals surface area contributed by atoms with Gasteiger partial charge in [0.2, 0.25) is 0 Å². The molecule has 2 rings (SSSR count). The number of nitrogens with one attached hydrogen (secondary N) is 1. The molecule has 0 saturated carbocycles. The van der Waals surface area contributed by atoms with E-state index in [2.05, 4.69) is 40.8 Å². The van der Waals surface area contributed by atoms with Gasteiger partial charge in [0.25, 0.3) is 0 Å². The summed E-state index contributed by atoms with van der Waals surface area (Å²) in [6.07, 6.45) is 3.97. The fraction of sp³-hybridized carbons (Fsp3) is 0.467. The number of imidazole rings is 1. The van der Waals surface area contributed by atoms with Gasteiger partial charge in [-0.25, -0.2) is 9.97 Å². The molecule has 0 aliphatic carbocycles. The molecule has 0 spiro atoms. The highest BCUT2D eigenvalue weighted by Gasteiger charge is 2.08. The Balaban J connectivity index is 2.46. The average Bonchev–Trinajstić information content (AvgIpc) is 2.71. The van der Waals surface area contributed by atoms with Gasteiger partial charge in [0.1, 0.15) is 12.1 Å². The van der Waals surface area contributed by atoms with Crippen LogP contribution in [0, 0.1) is 13.8 Å². The minimum Gasteiger partial charge on any atom is -0.316 e. The first-order chi connectivity index (χ1) is 9.15. The average molecular weight is 258 g/mol. The summed E-state index contributed by atoms with van der Waals surface area (Å²) in [4.78, 5) is 9.10. The summed E-state index contributed by atoms with van der Waals surface area (Å²) in [5, 5.41) is 3.20. The second-order valence-electron chi connectivity index (χ2n) is 4.89. The van der Waals surface area contributed by atoms with Gasteiger partial charge in [0.15, 0.2) is 0 Å². The Bertz CT molecular complexity index is 533. The quantitative estimate of drug-likeness (QED) is 0.896. The molecule has 0 amide bonds. The lowest BCUT2D eigenvalue weighted by molar-refractivity contribution is 0.796. The first kappa shape index (κ1) is 13.7. The summed E-state index contributed by atoms with van der Waals surface area (Å²) in [6.45, 7) is 7.14. The van der Waals surface area contributed by atoms with Gasteiger partial charge >= 0.3 is 0 Å². The molecule has 102 valence electrons. The Morgan fingerprint density at radius 1 is 1.26 bits per heavy atom. The molecule has 0 saturated heterocycles. The number of aryl methyl sites for hydroxylation is 2. The van der Waals surface area contributed by atoms with Crippen molar-refractivity contribution in [2.45, 2.75) is 40.2 Å². The van der Waals surface area contributed by atoms with E-state index in [1.54, 1.807) is 0 Å². The maximum absolute atomic E-state index is 4.74. The molecule has 0 radical (unpaired) electrons. The summed E-state index contributed by atoms with van der Waals surface area (Å²) in [5.41, 5.74) is 4.62. The number of hydrogen-bond donors (Lipinski definition) is 1. The standard InChI is InChI=1S/C15H22N4/c1-5-6-14-7-13(9-16-4)8-15(18-14)19-10-17-11(2)12(19)3/h7-8,10,16H,5-6,9H2,1-4H3. The monoisotopic (exact) mass is 258 g/mol. The van der Waals surface area contributed by atoms with Crippen molar-refractivity contribution in [3.63, 3.8) is 0 Å². The smallest absolute Gasteiger partial charge is 0.138 e. The molecule has 2 heterocycles. The zero-order valence-corrected chi connectivity index (χ0v) is 12.2. The van der Waals surface area contributed by atoms with Crippen LogP contribution >= 0.6 is 0 Å². The highest BCUT2D eigenvalue weighted by Crippen LogP contribution is 2.15. The Morgan fingerprint density at radius 2 is 2.05 bits per heavy atom. The SMILES string of the molecule is CCCc1cc(CNC)cc(-n2cnc(C)c2C)n1. The molecule has 4 nitrogen and oxygen atoms in total. The van der Waals surface area contributed by atoms with Crippen molar-refractivity contribution in [1.29, 1.82) is 0 Å². The first-order valence-electron chi connectivity index (χ1n) is 6.81. The van der Waals surface area contributed by atoms with Crippen LogP contribution in [0.5, 0.6) is 0 Å². The van der Waals surface area contributed by atoms with Gasteiger partial charge in [-0.3, -0.25) is 4.57 Å². The van der Waals surface area contributed by atoms with Crippen molar-refractivity contribution in [3.05, 3.63) is 41.1 Å². The summed E-state index contributed by atoms with van der Waals surface area (Å²) >= 11 is 0. The van der Waals surface area contributed by atoms with E-state index in [1.807, 2.05) is 20.3 Å². The van der Waals surface area contributed by atoms with Gasteiger partial charge in [-0.05, 0) is 45.0 Å². The van der Waals surface area contributed by atoms with Crippen LogP contribution in [0.25, 0.3) is 5.82 Å². The minimum atomic E-state index is 0.860. The van der Waals surface area contributed by atoms with Crippen LogP contribution in [0.1, 0.15) is 36.0 Å². The molecule has 4 heteroatoms. The van der Waals surface area contributed by atoms with E-state index in [1.165, 1.54) is 5.56 Å². The maximum Gasteiger partial charge on any atom is 0.138 e. The fourth-order valence-electron chi connectivity index (χ4n) is 2.18. The van der Waals surface area contributed by atoms with Crippen LogP contribution in [0.15, 0.2) is 18.5 Å². The van der Waals surface area contributed by atoms with E-state index in [0.29, 0.717) is 0 Å². The zero-order valence-electron chi connectivity index (χ0n) is 12.2. The lowest BCUT2D eigenvalue weighted by Gasteiger charge is -2.10. The van der Waals surface area contributed by atoms with E-state index in [0.717, 1.165) is 42.3 Å². The molecule has 0 fully saturated rings. The minimum absolute atomic E-state index is 0.860. The van der Waals surface area contributed by atoms with E-state index < -0.39 is 0 Å². The van der Waals surface area contributed by atoms with Crippen molar-refractivity contribution in [2.75, 3.05) is 7.05 Å². The van der Waals surface area contributed by atoms with E-state index in [9.17, 15) is 0 Å². The number of hydrogen-bond acceptors (Lipinski definition) is 3. The highest BCUT2D eigenvalue weighted by molar-refractivity contribution is 5.34. The van der Waals surface area contributed by atoms with Gasteiger partial charge in [-0.1, -0.05) is 13.3 Å². The summed E-state index contributed by atoms with van der Waals surface area (Å²) in [7, 11) is 1.96. The number of pyridine rings is 1. The predicted molar refractivity (Wildman–Crippen MR) is 77.6 cm³/mol. The molecular formula is C15H22N4. The predicted octanol–water partition coefficient (Wildman–Crippen LogP) is 2.56. The van der Waals surface area contributed by atoms with Crippen molar-refractivity contribution in [2.24, 2.45) is 0 Å². The van der Waals surface area contributed by atoms with Gasteiger partial charge in [-0.15, -0.1) is 0 Å². The molecular weight excluding hydrogens is 236 g/mol. The van der Waals surface area contributed by atoms with Gasteiger partial charge in [0, 0.05) is 17.9 Å². The molecule has 2 aromatic rings. The van der Waals surface area contributed by atoms with Gasteiger partial charge in [0.05, 0.1) is 5.69 Å². The zero-order chi connectivity index (χ0) is 13.8. The van der Waals surface area contributed by atoms with Crippen LogP contribution in [0.3, 0.4) is 0 Å². The maximum atomic E-state index is 4.74. The van der Waals surface area contributed by atoms with E-state index in [4.69, 9.17) is 4.98 Å². The molecule has 1 N–H and O–H groups in total. The third-order valence-electron chi connectivity index (χ3n) is 3.31. The molecule has 0 unspecified atom stereocenters. The van der Waals surface area contributed by atoms with Crippen LogP contribution in [0.4, 0.5) is 0 Å². The third kappa shape index (κ3) is 3.01. The van der Waals surface area contributed by atoms with Crippen LogP contribution in [-0.2, 0) is 13.0 Å². The summed E-state index contributed by atoms with van der Waals surface area (Å²) in [5.74, 6) is 0.967. The van der Waals surface area contributed by atoms with Crippen molar-refractivity contribution in [1.82, 2.24) is 19.9 Å². The lowest BCUT2D eigenvalue weighted by atomic mass is 10.1. The first-order valence-corrected chi connectivity index (χ1v) is 6.81.